The Morgan fingerprint density at radius 1 is 1.12 bits per heavy atom. The molecule has 2 rings (SSSR count). The Balaban J connectivity index is 2.11. The lowest BCUT2D eigenvalue weighted by atomic mass is 10.1. The predicted octanol–water partition coefficient (Wildman–Crippen LogP) is 0.176. The molecule has 0 amide bonds. The second kappa shape index (κ2) is 5.21. The molecule has 0 saturated heterocycles. The Labute approximate surface area is 99.2 Å². The predicted molar refractivity (Wildman–Crippen MR) is 59.5 cm³/mol. The van der Waals surface area contributed by atoms with Gasteiger partial charge >= 0.3 is 0 Å². The van der Waals surface area contributed by atoms with E-state index in [2.05, 4.69) is 4.98 Å². The minimum Gasteiger partial charge on any atom is -0.550 e. The number of rotatable bonds is 4. The van der Waals surface area contributed by atoms with Crippen LogP contribution in [-0.4, -0.2) is 11.0 Å². The number of carbonyl (C=O) groups excluding carboxylic acids is 1. The summed E-state index contributed by atoms with van der Waals surface area (Å²) in [5.74, 6) is -1.03. The fourth-order valence-corrected chi connectivity index (χ4v) is 1.56. The Kier molecular flexibility index (Phi) is 3.45. The van der Waals surface area contributed by atoms with Gasteiger partial charge in [-0.15, -0.1) is 0 Å². The van der Waals surface area contributed by atoms with Gasteiger partial charge in [0.1, 0.15) is 0 Å². The molecule has 17 heavy (non-hydrogen) atoms. The second-order valence-electron chi connectivity index (χ2n) is 3.68. The van der Waals surface area contributed by atoms with E-state index in [1.807, 2.05) is 41.2 Å². The molecule has 0 spiro atoms. The van der Waals surface area contributed by atoms with Gasteiger partial charge in [0.2, 0.25) is 0 Å². The van der Waals surface area contributed by atoms with Gasteiger partial charge in [0.15, 0.2) is 18.9 Å². The maximum Gasteiger partial charge on any atom is 0.169 e. The zero-order valence-corrected chi connectivity index (χ0v) is 9.24. The van der Waals surface area contributed by atoms with E-state index < -0.39 is 5.97 Å². The van der Waals surface area contributed by atoms with Gasteiger partial charge in [-0.3, -0.25) is 4.98 Å². The number of pyridine rings is 2. The number of nitrogens with zero attached hydrogens (tertiary/aromatic N) is 2. The quantitative estimate of drug-likeness (QED) is 0.701. The third-order valence-electron chi connectivity index (χ3n) is 2.48. The third-order valence-corrected chi connectivity index (χ3v) is 2.48. The Hall–Kier alpha value is -2.23. The topological polar surface area (TPSA) is 56.9 Å². The van der Waals surface area contributed by atoms with Crippen LogP contribution in [0.1, 0.15) is 6.42 Å². The monoisotopic (exact) mass is 228 g/mol. The van der Waals surface area contributed by atoms with Crippen molar-refractivity contribution in [2.75, 3.05) is 0 Å². The molecule has 0 radical (unpaired) electrons. The minimum atomic E-state index is -1.03. The first kappa shape index (κ1) is 11.3. The maximum atomic E-state index is 10.3. The molecule has 4 heteroatoms. The number of aryl methyl sites for hydroxylation is 1. The molecule has 0 aliphatic rings. The van der Waals surface area contributed by atoms with Crippen LogP contribution in [0.5, 0.6) is 0 Å². The number of aliphatic carboxylic acids is 1. The number of hydrogen-bond donors (Lipinski definition) is 0. The van der Waals surface area contributed by atoms with Crippen molar-refractivity contribution in [2.24, 2.45) is 0 Å². The zero-order chi connectivity index (χ0) is 12.1. The zero-order valence-electron chi connectivity index (χ0n) is 9.24. The summed E-state index contributed by atoms with van der Waals surface area (Å²) in [5.41, 5.74) is 2.17. The van der Waals surface area contributed by atoms with Crippen LogP contribution < -0.4 is 9.67 Å². The largest absolute Gasteiger partial charge is 0.550 e. The molecule has 0 bridgehead atoms. The van der Waals surface area contributed by atoms with Crippen molar-refractivity contribution in [3.63, 3.8) is 0 Å². The highest BCUT2D eigenvalue weighted by atomic mass is 16.4. The molecular weight excluding hydrogens is 216 g/mol. The number of carboxylic acids is 1. The smallest absolute Gasteiger partial charge is 0.169 e. The molecule has 2 aromatic heterocycles. The van der Waals surface area contributed by atoms with E-state index in [4.69, 9.17) is 0 Å². The Bertz CT molecular complexity index is 495. The summed E-state index contributed by atoms with van der Waals surface area (Å²) in [6.45, 7) is 0.430. The van der Waals surface area contributed by atoms with E-state index in [1.165, 1.54) is 0 Å². The standard InChI is InChI=1S/C13H12N2O2/c16-13(17)5-10-15-8-3-12(4-9-15)11-1-6-14-7-2-11/h1-4,6-9H,5,10H2. The highest BCUT2D eigenvalue weighted by molar-refractivity contribution is 5.63. The lowest BCUT2D eigenvalue weighted by molar-refractivity contribution is -0.696. The van der Waals surface area contributed by atoms with E-state index in [-0.39, 0.29) is 6.42 Å². The average molecular weight is 228 g/mol. The van der Waals surface area contributed by atoms with Crippen LogP contribution in [0.15, 0.2) is 49.1 Å². The van der Waals surface area contributed by atoms with Crippen LogP contribution in [0.25, 0.3) is 11.1 Å². The Morgan fingerprint density at radius 3 is 2.29 bits per heavy atom. The van der Waals surface area contributed by atoms with Gasteiger partial charge in [0, 0.05) is 36.9 Å². The molecule has 2 heterocycles. The molecule has 86 valence electrons. The molecule has 0 atom stereocenters. The maximum absolute atomic E-state index is 10.3. The van der Waals surface area contributed by atoms with Crippen molar-refractivity contribution >= 4 is 5.97 Å². The van der Waals surface area contributed by atoms with Crippen LogP contribution in [0.3, 0.4) is 0 Å². The SMILES string of the molecule is O=C([O-])CC[n+]1ccc(-c2ccncc2)cc1. The summed E-state index contributed by atoms with van der Waals surface area (Å²) in [6.07, 6.45) is 7.23. The highest BCUT2D eigenvalue weighted by Crippen LogP contribution is 2.15. The first-order valence-electron chi connectivity index (χ1n) is 5.35. The van der Waals surface area contributed by atoms with Crippen molar-refractivity contribution in [3.8, 4) is 11.1 Å². The fraction of sp³-hybridized carbons (Fsp3) is 0.154. The van der Waals surface area contributed by atoms with Crippen LogP contribution in [0, 0.1) is 0 Å². The summed E-state index contributed by atoms with van der Waals surface area (Å²) in [6, 6.07) is 7.76. The van der Waals surface area contributed by atoms with Gasteiger partial charge in [-0.25, -0.2) is 4.57 Å². The van der Waals surface area contributed by atoms with E-state index in [0.717, 1.165) is 11.1 Å². The summed E-state index contributed by atoms with van der Waals surface area (Å²) in [7, 11) is 0. The molecule has 0 aromatic carbocycles. The van der Waals surface area contributed by atoms with Crippen molar-refractivity contribution in [3.05, 3.63) is 49.1 Å². The van der Waals surface area contributed by atoms with Crippen molar-refractivity contribution in [2.45, 2.75) is 13.0 Å². The van der Waals surface area contributed by atoms with Crippen molar-refractivity contribution in [1.82, 2.24) is 4.98 Å². The lowest BCUT2D eigenvalue weighted by Gasteiger charge is -2.01. The van der Waals surface area contributed by atoms with Gasteiger partial charge in [-0.05, 0) is 23.3 Å². The molecule has 0 unspecified atom stereocenters. The van der Waals surface area contributed by atoms with E-state index in [0.29, 0.717) is 6.54 Å². The van der Waals surface area contributed by atoms with E-state index in [1.54, 1.807) is 12.4 Å². The summed E-state index contributed by atoms with van der Waals surface area (Å²) >= 11 is 0. The molecule has 0 N–H and O–H groups in total. The first-order valence-corrected chi connectivity index (χ1v) is 5.35. The Morgan fingerprint density at radius 2 is 1.71 bits per heavy atom. The first-order chi connectivity index (χ1) is 8.25. The van der Waals surface area contributed by atoms with Crippen molar-refractivity contribution < 1.29 is 14.5 Å². The summed E-state index contributed by atoms with van der Waals surface area (Å²) < 4.78 is 1.82. The number of aromatic nitrogens is 2. The molecule has 0 fully saturated rings. The van der Waals surface area contributed by atoms with E-state index >= 15 is 0 Å². The van der Waals surface area contributed by atoms with Crippen LogP contribution >= 0.6 is 0 Å². The molecule has 0 aliphatic heterocycles. The number of carboxylic acid groups (broad SMARTS) is 1. The summed E-state index contributed by atoms with van der Waals surface area (Å²) in [5, 5.41) is 10.3. The van der Waals surface area contributed by atoms with Gasteiger partial charge in [-0.2, -0.15) is 0 Å². The molecular formula is C13H12N2O2. The molecule has 2 aromatic rings. The summed E-state index contributed by atoms with van der Waals surface area (Å²) in [4.78, 5) is 14.3. The van der Waals surface area contributed by atoms with Gasteiger partial charge in [-0.1, -0.05) is 0 Å². The van der Waals surface area contributed by atoms with Gasteiger partial charge in [0.25, 0.3) is 0 Å². The highest BCUT2D eigenvalue weighted by Gasteiger charge is 2.02. The van der Waals surface area contributed by atoms with Gasteiger partial charge in [0.05, 0.1) is 0 Å². The van der Waals surface area contributed by atoms with Crippen LogP contribution in [0.4, 0.5) is 0 Å². The molecule has 0 saturated carbocycles. The van der Waals surface area contributed by atoms with Crippen LogP contribution in [0.2, 0.25) is 0 Å². The lowest BCUT2D eigenvalue weighted by Crippen LogP contribution is -2.36. The van der Waals surface area contributed by atoms with E-state index in [9.17, 15) is 9.90 Å². The third kappa shape index (κ3) is 3.11. The average Bonchev–Trinajstić information content (AvgIpc) is 2.38. The fourth-order valence-electron chi connectivity index (χ4n) is 1.56. The number of carbonyl (C=O) groups is 1. The second-order valence-corrected chi connectivity index (χ2v) is 3.68. The van der Waals surface area contributed by atoms with Crippen molar-refractivity contribution in [1.29, 1.82) is 0 Å². The number of hydrogen-bond acceptors (Lipinski definition) is 3. The molecule has 0 aliphatic carbocycles. The van der Waals surface area contributed by atoms with Crippen LogP contribution in [-0.2, 0) is 11.3 Å². The van der Waals surface area contributed by atoms with Gasteiger partial charge < -0.3 is 9.90 Å². The minimum absolute atomic E-state index is 0.0271. The normalized spacial score (nSPS) is 10.1. The molecule has 4 nitrogen and oxygen atoms in total.